The third-order valence-corrected chi connectivity index (χ3v) is 4.32. The predicted molar refractivity (Wildman–Crippen MR) is 83.0 cm³/mol. The minimum absolute atomic E-state index is 0.332. The lowest BCUT2D eigenvalue weighted by atomic mass is 9.88. The summed E-state index contributed by atoms with van der Waals surface area (Å²) in [4.78, 5) is 2.32. The average molecular weight is 294 g/mol. The van der Waals surface area contributed by atoms with Gasteiger partial charge in [-0.3, -0.25) is 4.90 Å². The monoisotopic (exact) mass is 294 g/mol. The maximum atomic E-state index is 10.8. The zero-order valence-electron chi connectivity index (χ0n) is 13.3. The van der Waals surface area contributed by atoms with E-state index in [4.69, 9.17) is 9.47 Å². The fourth-order valence-electron chi connectivity index (χ4n) is 2.84. The minimum atomic E-state index is -0.588. The van der Waals surface area contributed by atoms with Crippen molar-refractivity contribution < 1.29 is 14.6 Å². The topological polar surface area (TPSA) is 54.0 Å². The Morgan fingerprint density at radius 2 is 1.76 bits per heavy atom. The molecule has 1 aromatic carbocycles. The summed E-state index contributed by atoms with van der Waals surface area (Å²) in [7, 11) is 3.22. The maximum Gasteiger partial charge on any atom is 0.161 e. The van der Waals surface area contributed by atoms with Crippen molar-refractivity contribution in [2.75, 3.05) is 40.4 Å². The molecule has 0 saturated carbocycles. The van der Waals surface area contributed by atoms with Crippen LogP contribution in [-0.2, 0) is 0 Å². The van der Waals surface area contributed by atoms with Crippen molar-refractivity contribution in [3.8, 4) is 11.5 Å². The second-order valence-corrected chi connectivity index (χ2v) is 5.91. The highest BCUT2D eigenvalue weighted by molar-refractivity contribution is 5.44. The molecule has 0 radical (unpaired) electrons. The van der Waals surface area contributed by atoms with Crippen molar-refractivity contribution in [3.63, 3.8) is 0 Å². The lowest BCUT2D eigenvalue weighted by Crippen LogP contribution is -2.55. The molecule has 1 saturated heterocycles. The molecule has 0 aromatic heterocycles. The molecule has 2 N–H and O–H groups in total. The molecule has 118 valence electrons. The summed E-state index contributed by atoms with van der Waals surface area (Å²) in [6.07, 6.45) is -0.588. The van der Waals surface area contributed by atoms with Crippen LogP contribution in [0.4, 0.5) is 0 Å². The molecule has 1 aliphatic heterocycles. The average Bonchev–Trinajstić information content (AvgIpc) is 2.54. The van der Waals surface area contributed by atoms with Gasteiger partial charge in [0.2, 0.25) is 0 Å². The van der Waals surface area contributed by atoms with E-state index >= 15 is 0 Å². The van der Waals surface area contributed by atoms with Gasteiger partial charge in [0, 0.05) is 31.7 Å². The molecule has 0 amide bonds. The Morgan fingerprint density at radius 3 is 2.33 bits per heavy atom. The second kappa shape index (κ2) is 6.64. The van der Waals surface area contributed by atoms with Gasteiger partial charge < -0.3 is 19.9 Å². The van der Waals surface area contributed by atoms with Gasteiger partial charge in [0.05, 0.1) is 20.3 Å². The molecule has 0 aliphatic carbocycles. The number of ether oxygens (including phenoxy) is 2. The van der Waals surface area contributed by atoms with Crippen LogP contribution < -0.4 is 14.8 Å². The quantitative estimate of drug-likeness (QED) is 0.860. The molecule has 5 heteroatoms. The van der Waals surface area contributed by atoms with Crippen LogP contribution in [0.15, 0.2) is 18.2 Å². The van der Waals surface area contributed by atoms with Crippen LogP contribution >= 0.6 is 0 Å². The van der Waals surface area contributed by atoms with E-state index in [0.717, 1.165) is 31.7 Å². The normalized spacial score (nSPS) is 18.3. The van der Waals surface area contributed by atoms with E-state index in [-0.39, 0.29) is 5.54 Å². The van der Waals surface area contributed by atoms with Gasteiger partial charge in [-0.05, 0) is 31.5 Å². The molecule has 1 aliphatic rings. The van der Waals surface area contributed by atoms with Crippen LogP contribution in [0.1, 0.15) is 25.5 Å². The molecular formula is C16H26N2O3. The summed E-state index contributed by atoms with van der Waals surface area (Å²) in [5, 5.41) is 14.2. The standard InChI is InChI=1S/C16H26N2O3/c1-16(2,18-9-7-17-8-10-18)15(19)12-5-6-13(20-3)14(11-12)21-4/h5-6,11,15,17,19H,7-10H2,1-4H3. The molecule has 1 fully saturated rings. The Balaban J connectivity index is 2.23. The number of hydrogen-bond donors (Lipinski definition) is 2. The Labute approximate surface area is 126 Å². The number of methoxy groups -OCH3 is 2. The summed E-state index contributed by atoms with van der Waals surface area (Å²) in [5.74, 6) is 1.32. The molecule has 0 spiro atoms. The first kappa shape index (κ1) is 16.1. The molecule has 1 atom stereocenters. The third-order valence-electron chi connectivity index (χ3n) is 4.32. The number of rotatable bonds is 5. The molecule has 1 heterocycles. The van der Waals surface area contributed by atoms with Crippen LogP contribution in [-0.4, -0.2) is 55.9 Å². The van der Waals surface area contributed by atoms with E-state index in [0.29, 0.717) is 11.5 Å². The predicted octanol–water partition coefficient (Wildman–Crippen LogP) is 1.42. The van der Waals surface area contributed by atoms with Crippen molar-refractivity contribution in [2.24, 2.45) is 0 Å². The number of hydrogen-bond acceptors (Lipinski definition) is 5. The van der Waals surface area contributed by atoms with E-state index in [1.54, 1.807) is 14.2 Å². The van der Waals surface area contributed by atoms with Crippen LogP contribution in [0.3, 0.4) is 0 Å². The third kappa shape index (κ3) is 3.31. The Kier molecular flexibility index (Phi) is 5.08. The smallest absolute Gasteiger partial charge is 0.161 e. The van der Waals surface area contributed by atoms with E-state index < -0.39 is 6.10 Å². The first-order valence-electron chi connectivity index (χ1n) is 7.36. The lowest BCUT2D eigenvalue weighted by Gasteiger charge is -2.44. The molecule has 1 unspecified atom stereocenters. The van der Waals surface area contributed by atoms with Gasteiger partial charge in [-0.1, -0.05) is 6.07 Å². The van der Waals surface area contributed by atoms with Gasteiger partial charge in [-0.15, -0.1) is 0 Å². The van der Waals surface area contributed by atoms with Gasteiger partial charge in [0.1, 0.15) is 0 Å². The number of benzene rings is 1. The molecule has 21 heavy (non-hydrogen) atoms. The Morgan fingerprint density at radius 1 is 1.14 bits per heavy atom. The van der Waals surface area contributed by atoms with Crippen molar-refractivity contribution in [2.45, 2.75) is 25.5 Å². The van der Waals surface area contributed by atoms with Gasteiger partial charge in [-0.25, -0.2) is 0 Å². The van der Waals surface area contributed by atoms with Crippen LogP contribution in [0.5, 0.6) is 11.5 Å². The summed E-state index contributed by atoms with van der Waals surface area (Å²) in [6, 6.07) is 5.59. The van der Waals surface area contributed by atoms with Crippen molar-refractivity contribution in [3.05, 3.63) is 23.8 Å². The largest absolute Gasteiger partial charge is 0.493 e. The SMILES string of the molecule is COc1ccc(C(O)C(C)(C)N2CCNCC2)cc1OC. The lowest BCUT2D eigenvalue weighted by molar-refractivity contribution is -0.0174. The van der Waals surface area contributed by atoms with Crippen LogP contribution in [0.2, 0.25) is 0 Å². The maximum absolute atomic E-state index is 10.8. The highest BCUT2D eigenvalue weighted by Gasteiger charge is 2.36. The van der Waals surface area contributed by atoms with Gasteiger partial charge in [0.15, 0.2) is 11.5 Å². The summed E-state index contributed by atoms with van der Waals surface area (Å²) in [5.41, 5.74) is 0.512. The van der Waals surface area contributed by atoms with Crippen LogP contribution in [0, 0.1) is 0 Å². The van der Waals surface area contributed by atoms with E-state index in [9.17, 15) is 5.11 Å². The summed E-state index contributed by atoms with van der Waals surface area (Å²) in [6.45, 7) is 7.97. The van der Waals surface area contributed by atoms with Gasteiger partial charge >= 0.3 is 0 Å². The zero-order chi connectivity index (χ0) is 15.5. The molecule has 0 bridgehead atoms. The molecule has 1 aromatic rings. The first-order valence-corrected chi connectivity index (χ1v) is 7.36. The second-order valence-electron chi connectivity index (χ2n) is 5.91. The molecule has 5 nitrogen and oxygen atoms in total. The minimum Gasteiger partial charge on any atom is -0.493 e. The molecular weight excluding hydrogens is 268 g/mol. The number of nitrogens with one attached hydrogen (secondary N) is 1. The van der Waals surface area contributed by atoms with Gasteiger partial charge in [0.25, 0.3) is 0 Å². The fraction of sp³-hybridized carbons (Fsp3) is 0.625. The van der Waals surface area contributed by atoms with Crippen molar-refractivity contribution in [1.82, 2.24) is 10.2 Å². The zero-order valence-corrected chi connectivity index (χ0v) is 13.3. The highest BCUT2D eigenvalue weighted by atomic mass is 16.5. The van der Waals surface area contributed by atoms with Gasteiger partial charge in [-0.2, -0.15) is 0 Å². The number of aliphatic hydroxyl groups excluding tert-OH is 1. The van der Waals surface area contributed by atoms with E-state index in [1.807, 2.05) is 18.2 Å². The highest BCUT2D eigenvalue weighted by Crippen LogP contribution is 2.36. The van der Waals surface area contributed by atoms with E-state index in [1.165, 1.54) is 0 Å². The fourth-order valence-corrected chi connectivity index (χ4v) is 2.84. The Bertz CT molecular complexity index is 471. The first-order chi connectivity index (χ1) is 10.0. The Hall–Kier alpha value is -1.30. The number of piperazine rings is 1. The van der Waals surface area contributed by atoms with E-state index in [2.05, 4.69) is 24.1 Å². The van der Waals surface area contributed by atoms with Crippen molar-refractivity contribution >= 4 is 0 Å². The molecule has 2 rings (SSSR count). The van der Waals surface area contributed by atoms with Crippen molar-refractivity contribution in [1.29, 1.82) is 0 Å². The number of nitrogens with zero attached hydrogens (tertiary/aromatic N) is 1. The summed E-state index contributed by atoms with van der Waals surface area (Å²) >= 11 is 0. The number of aliphatic hydroxyl groups is 1. The van der Waals surface area contributed by atoms with Crippen LogP contribution in [0.25, 0.3) is 0 Å². The summed E-state index contributed by atoms with van der Waals surface area (Å²) < 4.78 is 10.6.